The highest BCUT2D eigenvalue weighted by molar-refractivity contribution is 5.92. The molecule has 0 bridgehead atoms. The summed E-state index contributed by atoms with van der Waals surface area (Å²) in [6.07, 6.45) is 3.49. The lowest BCUT2D eigenvalue weighted by atomic mass is 9.84. The molecule has 0 saturated carbocycles. The second-order valence-corrected chi connectivity index (χ2v) is 5.83. The van der Waals surface area contributed by atoms with E-state index >= 15 is 0 Å². The van der Waals surface area contributed by atoms with Crippen LogP contribution in [-0.4, -0.2) is 58.6 Å². The van der Waals surface area contributed by atoms with Gasteiger partial charge in [0, 0.05) is 19.1 Å². The van der Waals surface area contributed by atoms with Gasteiger partial charge in [0.05, 0.1) is 0 Å². The van der Waals surface area contributed by atoms with Crippen LogP contribution in [0.3, 0.4) is 0 Å². The first-order valence-corrected chi connectivity index (χ1v) is 7.24. The van der Waals surface area contributed by atoms with Crippen LogP contribution in [0.4, 0.5) is 5.82 Å². The summed E-state index contributed by atoms with van der Waals surface area (Å²) >= 11 is 0. The number of hydrogen-bond acceptors (Lipinski definition) is 5. The van der Waals surface area contributed by atoms with Crippen molar-refractivity contribution in [3.63, 3.8) is 0 Å². The number of hydrogen-bond donors (Lipinski definition) is 1. The van der Waals surface area contributed by atoms with Crippen LogP contribution >= 0.6 is 0 Å². The third-order valence-corrected chi connectivity index (χ3v) is 4.54. The van der Waals surface area contributed by atoms with E-state index in [1.54, 1.807) is 12.1 Å². The molecule has 3 rings (SSSR count). The molecule has 0 spiro atoms. The average Bonchev–Trinajstić information content (AvgIpc) is 2.47. The minimum absolute atomic E-state index is 0.0239. The molecule has 2 N–H and O–H groups in total. The zero-order chi connectivity index (χ0) is 14.1. The fourth-order valence-electron chi connectivity index (χ4n) is 3.46. The maximum Gasteiger partial charge on any atom is 0.274 e. The van der Waals surface area contributed by atoms with Crippen molar-refractivity contribution in [2.45, 2.75) is 25.3 Å². The van der Waals surface area contributed by atoms with Crippen LogP contribution in [0.15, 0.2) is 12.1 Å². The topological polar surface area (TPSA) is 75.3 Å². The van der Waals surface area contributed by atoms with Gasteiger partial charge in [-0.25, -0.2) is 0 Å². The lowest BCUT2D eigenvalue weighted by molar-refractivity contribution is 0.0312. The molecule has 6 nitrogen and oxygen atoms in total. The number of nitrogens with two attached hydrogens (primary N) is 1. The summed E-state index contributed by atoms with van der Waals surface area (Å²) in [7, 11) is 2.19. The van der Waals surface area contributed by atoms with Gasteiger partial charge in [0.25, 0.3) is 5.91 Å². The predicted molar refractivity (Wildman–Crippen MR) is 76.1 cm³/mol. The standard InChI is InChI=1S/C14H21N5O/c1-18-7-2-3-10-9-19(8-6-12(10)18)14(20)11-4-5-13(15)17-16-11/h4-5,10,12H,2-3,6-9H2,1H3,(H2,15,17). The zero-order valence-corrected chi connectivity index (χ0v) is 11.8. The highest BCUT2D eigenvalue weighted by Crippen LogP contribution is 2.29. The van der Waals surface area contributed by atoms with Crippen molar-refractivity contribution < 1.29 is 4.79 Å². The first-order chi connectivity index (χ1) is 9.65. The van der Waals surface area contributed by atoms with E-state index in [-0.39, 0.29) is 5.91 Å². The first-order valence-electron chi connectivity index (χ1n) is 7.24. The SMILES string of the molecule is CN1CCCC2CN(C(=O)c3ccc(N)nn3)CCC21. The molecule has 0 radical (unpaired) electrons. The summed E-state index contributed by atoms with van der Waals surface area (Å²) in [6, 6.07) is 3.91. The largest absolute Gasteiger partial charge is 0.382 e. The molecule has 0 aromatic carbocycles. The van der Waals surface area contributed by atoms with E-state index in [1.807, 2.05) is 4.90 Å². The summed E-state index contributed by atoms with van der Waals surface area (Å²) < 4.78 is 0. The Hall–Kier alpha value is -1.69. The van der Waals surface area contributed by atoms with Crippen LogP contribution in [0.5, 0.6) is 0 Å². The summed E-state index contributed by atoms with van der Waals surface area (Å²) in [5, 5.41) is 7.66. The number of aromatic nitrogens is 2. The van der Waals surface area contributed by atoms with E-state index in [1.165, 1.54) is 19.4 Å². The highest BCUT2D eigenvalue weighted by atomic mass is 16.2. The van der Waals surface area contributed by atoms with Crippen LogP contribution in [-0.2, 0) is 0 Å². The van der Waals surface area contributed by atoms with Crippen molar-refractivity contribution in [2.24, 2.45) is 5.92 Å². The van der Waals surface area contributed by atoms with E-state index < -0.39 is 0 Å². The van der Waals surface area contributed by atoms with Crippen LogP contribution in [0.2, 0.25) is 0 Å². The van der Waals surface area contributed by atoms with Gasteiger partial charge in [-0.2, -0.15) is 0 Å². The maximum absolute atomic E-state index is 12.4. The van der Waals surface area contributed by atoms with Gasteiger partial charge in [0.15, 0.2) is 5.69 Å². The number of nitrogen functional groups attached to an aromatic ring is 1. The van der Waals surface area contributed by atoms with Gasteiger partial charge >= 0.3 is 0 Å². The lowest BCUT2D eigenvalue weighted by Gasteiger charge is -2.45. The molecule has 1 aromatic rings. The number of piperidine rings is 2. The number of anilines is 1. The minimum atomic E-state index is -0.0239. The Morgan fingerprint density at radius 1 is 1.30 bits per heavy atom. The van der Waals surface area contributed by atoms with Gasteiger partial charge in [-0.15, -0.1) is 10.2 Å². The third kappa shape index (κ3) is 2.47. The predicted octanol–water partition coefficient (Wildman–Crippen LogP) is 0.615. The van der Waals surface area contributed by atoms with E-state index in [0.29, 0.717) is 23.5 Å². The molecular formula is C14H21N5O. The van der Waals surface area contributed by atoms with Crippen molar-refractivity contribution in [3.05, 3.63) is 17.8 Å². The minimum Gasteiger partial charge on any atom is -0.382 e. The maximum atomic E-state index is 12.4. The second kappa shape index (κ2) is 5.36. The molecule has 20 heavy (non-hydrogen) atoms. The smallest absolute Gasteiger partial charge is 0.274 e. The Bertz CT molecular complexity index is 489. The summed E-state index contributed by atoms with van der Waals surface area (Å²) in [6.45, 7) is 2.81. The van der Waals surface area contributed by atoms with Gasteiger partial charge in [-0.05, 0) is 50.9 Å². The molecule has 108 valence electrons. The molecule has 2 aliphatic heterocycles. The molecule has 6 heteroatoms. The summed E-state index contributed by atoms with van der Waals surface area (Å²) in [4.78, 5) is 16.8. The number of carbonyl (C=O) groups is 1. The number of rotatable bonds is 1. The number of likely N-dealkylation sites (tertiary alicyclic amines) is 2. The zero-order valence-electron chi connectivity index (χ0n) is 11.8. The van der Waals surface area contributed by atoms with Crippen molar-refractivity contribution in [3.8, 4) is 0 Å². The van der Waals surface area contributed by atoms with Crippen molar-refractivity contribution in [1.82, 2.24) is 20.0 Å². The Balaban J connectivity index is 1.69. The van der Waals surface area contributed by atoms with Crippen molar-refractivity contribution in [2.75, 3.05) is 32.4 Å². The molecule has 2 fully saturated rings. The van der Waals surface area contributed by atoms with Gasteiger partial charge in [-0.1, -0.05) is 0 Å². The van der Waals surface area contributed by atoms with Crippen LogP contribution in [0, 0.1) is 5.92 Å². The normalized spacial score (nSPS) is 27.1. The Labute approximate surface area is 118 Å². The number of carbonyl (C=O) groups excluding carboxylic acids is 1. The van der Waals surface area contributed by atoms with Crippen LogP contribution in [0.1, 0.15) is 29.8 Å². The first kappa shape index (κ1) is 13.3. The van der Waals surface area contributed by atoms with Crippen LogP contribution in [0.25, 0.3) is 0 Å². The molecular weight excluding hydrogens is 254 g/mol. The summed E-state index contributed by atoms with van der Waals surface area (Å²) in [5.74, 6) is 0.909. The monoisotopic (exact) mass is 275 g/mol. The van der Waals surface area contributed by atoms with E-state index in [4.69, 9.17) is 5.73 Å². The van der Waals surface area contributed by atoms with Gasteiger partial charge in [0.2, 0.25) is 0 Å². The molecule has 2 aliphatic rings. The number of amides is 1. The van der Waals surface area contributed by atoms with Crippen molar-refractivity contribution in [1.29, 1.82) is 0 Å². The molecule has 0 aliphatic carbocycles. The van der Waals surface area contributed by atoms with Gasteiger partial charge < -0.3 is 15.5 Å². The highest BCUT2D eigenvalue weighted by Gasteiger charge is 2.36. The van der Waals surface area contributed by atoms with Gasteiger partial charge in [-0.3, -0.25) is 4.79 Å². The molecule has 1 aromatic heterocycles. The second-order valence-electron chi connectivity index (χ2n) is 5.83. The van der Waals surface area contributed by atoms with E-state index in [0.717, 1.165) is 19.5 Å². The van der Waals surface area contributed by atoms with Crippen LogP contribution < -0.4 is 5.73 Å². The number of fused-ring (bicyclic) bond motifs is 1. The lowest BCUT2D eigenvalue weighted by Crippen LogP contribution is -2.54. The Morgan fingerprint density at radius 3 is 2.90 bits per heavy atom. The Kier molecular flexibility index (Phi) is 3.56. The fourth-order valence-corrected chi connectivity index (χ4v) is 3.46. The van der Waals surface area contributed by atoms with E-state index in [2.05, 4.69) is 22.1 Å². The molecule has 1 amide bonds. The Morgan fingerprint density at radius 2 is 2.15 bits per heavy atom. The summed E-state index contributed by atoms with van der Waals surface area (Å²) in [5.41, 5.74) is 5.89. The fraction of sp³-hybridized carbons (Fsp3) is 0.643. The molecule has 2 saturated heterocycles. The number of nitrogens with zero attached hydrogens (tertiary/aromatic N) is 4. The molecule has 3 heterocycles. The van der Waals surface area contributed by atoms with Crippen molar-refractivity contribution >= 4 is 11.7 Å². The van der Waals surface area contributed by atoms with E-state index in [9.17, 15) is 4.79 Å². The average molecular weight is 275 g/mol. The van der Waals surface area contributed by atoms with Gasteiger partial charge in [0.1, 0.15) is 5.82 Å². The quantitative estimate of drug-likeness (QED) is 0.813. The third-order valence-electron chi connectivity index (χ3n) is 4.54. The molecule has 2 unspecified atom stereocenters. The molecule has 2 atom stereocenters.